The topological polar surface area (TPSA) is 73.0 Å². The van der Waals surface area contributed by atoms with Gasteiger partial charge in [-0.05, 0) is 68.5 Å². The average Bonchev–Trinajstić information content (AvgIpc) is 2.78. The lowest BCUT2D eigenvalue weighted by atomic mass is 9.95. The van der Waals surface area contributed by atoms with E-state index in [4.69, 9.17) is 0 Å². The van der Waals surface area contributed by atoms with Gasteiger partial charge in [-0.15, -0.1) is 0 Å². The number of benzene rings is 2. The van der Waals surface area contributed by atoms with Crippen molar-refractivity contribution in [1.82, 2.24) is 4.90 Å². The Hall–Kier alpha value is -3.35. The van der Waals surface area contributed by atoms with Gasteiger partial charge in [-0.2, -0.15) is 0 Å². The molecular formula is C25H30N4O3. The summed E-state index contributed by atoms with van der Waals surface area (Å²) >= 11 is 0. The van der Waals surface area contributed by atoms with Gasteiger partial charge in [-0.25, -0.2) is 0 Å². The van der Waals surface area contributed by atoms with Crippen LogP contribution in [0.25, 0.3) is 0 Å². The molecule has 2 aromatic carbocycles. The molecule has 0 aromatic heterocycles. The minimum absolute atomic E-state index is 0.0808. The lowest BCUT2D eigenvalue weighted by Crippen LogP contribution is -2.56. The second kappa shape index (κ2) is 8.65. The molecule has 1 fully saturated rings. The third-order valence-electron chi connectivity index (χ3n) is 6.46. The number of hydrogen-bond acceptors (Lipinski definition) is 4. The molecule has 4 rings (SSSR count). The number of fused-ring (bicyclic) bond motifs is 3. The first kappa shape index (κ1) is 21.9. The zero-order valence-corrected chi connectivity index (χ0v) is 19.1. The second-order valence-electron chi connectivity index (χ2n) is 8.83. The SMILES string of the molecule is Cc1cccc(NC(=O)CN2C(=O)[C@@H]3CCCCN3c3ccc(C(=O)N(C)C)cc32)c1C. The molecule has 2 aromatic rings. The summed E-state index contributed by atoms with van der Waals surface area (Å²) in [7, 11) is 3.39. The monoisotopic (exact) mass is 434 g/mol. The Balaban J connectivity index is 1.68. The summed E-state index contributed by atoms with van der Waals surface area (Å²) in [5.41, 5.74) is 4.86. The number of amides is 3. The van der Waals surface area contributed by atoms with Crippen LogP contribution in [0.4, 0.5) is 17.1 Å². The first-order chi connectivity index (χ1) is 15.3. The Labute approximate surface area is 189 Å². The van der Waals surface area contributed by atoms with E-state index in [9.17, 15) is 14.4 Å². The number of hydrogen-bond donors (Lipinski definition) is 1. The van der Waals surface area contributed by atoms with Gasteiger partial charge in [0.05, 0.1) is 11.4 Å². The Morgan fingerprint density at radius 2 is 1.88 bits per heavy atom. The standard InChI is InChI=1S/C25H30N4O3/c1-16-8-7-9-19(17(16)2)26-23(30)15-29-22-14-18(24(31)27(3)4)11-12-20(22)28-13-6-5-10-21(28)25(29)32/h7-9,11-12,14,21H,5-6,10,13,15H2,1-4H3,(H,26,30)/t21-/m0/s1. The van der Waals surface area contributed by atoms with Gasteiger partial charge in [0, 0.05) is 31.9 Å². The fourth-order valence-corrected chi connectivity index (χ4v) is 4.53. The molecule has 168 valence electrons. The smallest absolute Gasteiger partial charge is 0.253 e. The van der Waals surface area contributed by atoms with Crippen LogP contribution in [0.15, 0.2) is 36.4 Å². The van der Waals surface area contributed by atoms with E-state index >= 15 is 0 Å². The van der Waals surface area contributed by atoms with Gasteiger partial charge in [0.1, 0.15) is 12.6 Å². The lowest BCUT2D eigenvalue weighted by molar-refractivity contribution is -0.123. The van der Waals surface area contributed by atoms with Crippen molar-refractivity contribution in [2.24, 2.45) is 0 Å². The fraction of sp³-hybridized carbons (Fsp3) is 0.400. The van der Waals surface area contributed by atoms with Crippen LogP contribution in [-0.2, 0) is 9.59 Å². The summed E-state index contributed by atoms with van der Waals surface area (Å²) in [4.78, 5) is 44.2. The van der Waals surface area contributed by atoms with E-state index in [0.29, 0.717) is 11.3 Å². The summed E-state index contributed by atoms with van der Waals surface area (Å²) in [5.74, 6) is -0.477. The second-order valence-corrected chi connectivity index (χ2v) is 8.83. The molecule has 2 aliphatic rings. The molecule has 32 heavy (non-hydrogen) atoms. The summed E-state index contributed by atoms with van der Waals surface area (Å²) in [6, 6.07) is 11.0. The third kappa shape index (κ3) is 3.95. The maximum Gasteiger partial charge on any atom is 0.253 e. The highest BCUT2D eigenvalue weighted by Crippen LogP contribution is 2.40. The van der Waals surface area contributed by atoms with Gasteiger partial charge >= 0.3 is 0 Å². The summed E-state index contributed by atoms with van der Waals surface area (Å²) < 4.78 is 0. The number of nitrogens with zero attached hydrogens (tertiary/aromatic N) is 3. The Kier molecular flexibility index (Phi) is 5.91. The fourth-order valence-electron chi connectivity index (χ4n) is 4.53. The van der Waals surface area contributed by atoms with Gasteiger partial charge in [0.15, 0.2) is 0 Å². The zero-order valence-electron chi connectivity index (χ0n) is 19.1. The number of carbonyl (C=O) groups is 3. The van der Waals surface area contributed by atoms with Crippen molar-refractivity contribution in [2.45, 2.75) is 39.2 Å². The molecule has 3 amide bonds. The maximum absolute atomic E-state index is 13.5. The van der Waals surface area contributed by atoms with E-state index in [-0.39, 0.29) is 30.3 Å². The number of carbonyl (C=O) groups excluding carboxylic acids is 3. The molecule has 0 radical (unpaired) electrons. The Morgan fingerprint density at radius 1 is 1.09 bits per heavy atom. The van der Waals surface area contributed by atoms with Crippen molar-refractivity contribution < 1.29 is 14.4 Å². The van der Waals surface area contributed by atoms with Crippen LogP contribution in [0.2, 0.25) is 0 Å². The van der Waals surface area contributed by atoms with E-state index in [0.717, 1.165) is 48.3 Å². The van der Waals surface area contributed by atoms with Crippen LogP contribution in [0.3, 0.4) is 0 Å². The first-order valence-corrected chi connectivity index (χ1v) is 11.1. The van der Waals surface area contributed by atoms with E-state index in [1.165, 1.54) is 4.90 Å². The van der Waals surface area contributed by atoms with E-state index in [2.05, 4.69) is 10.2 Å². The number of aryl methyl sites for hydroxylation is 1. The molecule has 2 heterocycles. The van der Waals surface area contributed by atoms with Crippen molar-refractivity contribution in [3.63, 3.8) is 0 Å². The lowest BCUT2D eigenvalue weighted by Gasteiger charge is -2.45. The van der Waals surface area contributed by atoms with E-state index in [1.54, 1.807) is 31.1 Å². The van der Waals surface area contributed by atoms with Crippen molar-refractivity contribution in [3.8, 4) is 0 Å². The van der Waals surface area contributed by atoms with Crippen LogP contribution in [0.5, 0.6) is 0 Å². The number of nitrogens with one attached hydrogen (secondary N) is 1. The van der Waals surface area contributed by atoms with Crippen LogP contribution >= 0.6 is 0 Å². The van der Waals surface area contributed by atoms with Crippen LogP contribution in [0, 0.1) is 13.8 Å². The average molecular weight is 435 g/mol. The number of piperidine rings is 1. The number of rotatable bonds is 4. The summed E-state index contributed by atoms with van der Waals surface area (Å²) in [6.07, 6.45) is 2.78. The highest BCUT2D eigenvalue weighted by Gasteiger charge is 2.40. The normalized spacial score (nSPS) is 17.5. The summed E-state index contributed by atoms with van der Waals surface area (Å²) in [6.45, 7) is 4.66. The molecule has 0 aliphatic carbocycles. The summed E-state index contributed by atoms with van der Waals surface area (Å²) in [5, 5.41) is 2.96. The van der Waals surface area contributed by atoms with Gasteiger partial charge in [-0.3, -0.25) is 19.3 Å². The molecule has 0 saturated carbocycles. The van der Waals surface area contributed by atoms with Crippen molar-refractivity contribution >= 4 is 34.8 Å². The predicted octanol–water partition coefficient (Wildman–Crippen LogP) is 3.35. The number of anilines is 3. The van der Waals surface area contributed by atoms with Crippen LogP contribution < -0.4 is 15.1 Å². The molecule has 1 N–H and O–H groups in total. The van der Waals surface area contributed by atoms with Gasteiger partial charge in [0.25, 0.3) is 5.91 Å². The molecule has 0 spiro atoms. The van der Waals surface area contributed by atoms with Crippen molar-refractivity contribution in [1.29, 1.82) is 0 Å². The van der Waals surface area contributed by atoms with Gasteiger partial charge in [-0.1, -0.05) is 12.1 Å². The largest absolute Gasteiger partial charge is 0.358 e. The first-order valence-electron chi connectivity index (χ1n) is 11.1. The zero-order chi connectivity index (χ0) is 23.0. The Morgan fingerprint density at radius 3 is 2.62 bits per heavy atom. The molecule has 0 unspecified atom stereocenters. The van der Waals surface area contributed by atoms with Crippen LogP contribution in [0.1, 0.15) is 40.7 Å². The molecule has 2 aliphatic heterocycles. The predicted molar refractivity (Wildman–Crippen MR) is 126 cm³/mol. The van der Waals surface area contributed by atoms with E-state index < -0.39 is 0 Å². The minimum atomic E-state index is -0.264. The Bertz CT molecular complexity index is 1080. The van der Waals surface area contributed by atoms with Crippen LogP contribution in [-0.4, -0.2) is 55.8 Å². The van der Waals surface area contributed by atoms with Crippen molar-refractivity contribution in [3.05, 3.63) is 53.1 Å². The van der Waals surface area contributed by atoms with Gasteiger partial charge < -0.3 is 15.1 Å². The highest BCUT2D eigenvalue weighted by atomic mass is 16.2. The van der Waals surface area contributed by atoms with Gasteiger partial charge in [0.2, 0.25) is 11.8 Å². The maximum atomic E-state index is 13.5. The molecule has 0 bridgehead atoms. The third-order valence-corrected chi connectivity index (χ3v) is 6.46. The molecular weight excluding hydrogens is 404 g/mol. The van der Waals surface area contributed by atoms with E-state index in [1.807, 2.05) is 38.1 Å². The highest BCUT2D eigenvalue weighted by molar-refractivity contribution is 6.11. The quantitative estimate of drug-likeness (QED) is 0.801. The molecule has 7 heteroatoms. The molecule has 7 nitrogen and oxygen atoms in total. The minimum Gasteiger partial charge on any atom is -0.358 e. The van der Waals surface area contributed by atoms with Crippen molar-refractivity contribution in [2.75, 3.05) is 42.3 Å². The molecule has 1 atom stereocenters. The molecule has 1 saturated heterocycles.